The topological polar surface area (TPSA) is 82.2 Å². The molecule has 0 atom stereocenters. The van der Waals surface area contributed by atoms with Crippen molar-refractivity contribution in [1.82, 2.24) is 10.2 Å². The third-order valence-electron chi connectivity index (χ3n) is 2.71. The van der Waals surface area contributed by atoms with Gasteiger partial charge in [0, 0.05) is 12.6 Å². The fourth-order valence-corrected chi connectivity index (χ4v) is 1.87. The number of amidine groups is 1. The quantitative estimate of drug-likeness (QED) is 0.478. The summed E-state index contributed by atoms with van der Waals surface area (Å²) < 4.78 is 0. The molecule has 1 fully saturated rings. The van der Waals surface area contributed by atoms with E-state index in [1.165, 1.54) is 12.8 Å². The van der Waals surface area contributed by atoms with Crippen LogP contribution in [0.3, 0.4) is 0 Å². The molecule has 0 bridgehead atoms. The van der Waals surface area contributed by atoms with Crippen LogP contribution in [0.1, 0.15) is 32.6 Å². The average Bonchev–Trinajstić information content (AvgIpc) is 2.66. The standard InChI is InChI=1S/C10H20N4O/c1-2-14(7-9(11)12)10(15)13-8-5-3-4-6-8/h8H,2-7H2,1H3,(H3,11,12)(H,13,15). The fraction of sp³-hybridized carbons (Fsp3) is 0.800. The second-order valence-corrected chi connectivity index (χ2v) is 3.97. The number of hydrogen-bond donors (Lipinski definition) is 3. The van der Waals surface area contributed by atoms with Gasteiger partial charge >= 0.3 is 6.03 Å². The van der Waals surface area contributed by atoms with Gasteiger partial charge in [-0.1, -0.05) is 12.8 Å². The molecule has 0 radical (unpaired) electrons. The Morgan fingerprint density at radius 3 is 2.60 bits per heavy atom. The van der Waals surface area contributed by atoms with Crippen LogP contribution in [-0.2, 0) is 0 Å². The smallest absolute Gasteiger partial charge is 0.318 e. The zero-order valence-electron chi connectivity index (χ0n) is 9.25. The first-order valence-electron chi connectivity index (χ1n) is 5.51. The Morgan fingerprint density at radius 1 is 1.53 bits per heavy atom. The molecule has 4 N–H and O–H groups in total. The van der Waals surface area contributed by atoms with Gasteiger partial charge in [0.25, 0.3) is 0 Å². The van der Waals surface area contributed by atoms with E-state index in [1.54, 1.807) is 4.90 Å². The van der Waals surface area contributed by atoms with Gasteiger partial charge in [0.05, 0.1) is 6.54 Å². The van der Waals surface area contributed by atoms with E-state index in [2.05, 4.69) is 5.32 Å². The Balaban J connectivity index is 2.38. The highest BCUT2D eigenvalue weighted by molar-refractivity contribution is 5.84. The van der Waals surface area contributed by atoms with Crippen molar-refractivity contribution in [2.24, 2.45) is 5.73 Å². The summed E-state index contributed by atoms with van der Waals surface area (Å²) in [5.41, 5.74) is 5.28. The number of carbonyl (C=O) groups is 1. The first-order chi connectivity index (χ1) is 7.13. The zero-order valence-corrected chi connectivity index (χ0v) is 9.25. The van der Waals surface area contributed by atoms with E-state index in [4.69, 9.17) is 11.1 Å². The van der Waals surface area contributed by atoms with Crippen LogP contribution in [-0.4, -0.2) is 35.9 Å². The second-order valence-electron chi connectivity index (χ2n) is 3.97. The van der Waals surface area contributed by atoms with Crippen LogP contribution in [0.15, 0.2) is 0 Å². The van der Waals surface area contributed by atoms with Gasteiger partial charge in [-0.2, -0.15) is 0 Å². The number of carbonyl (C=O) groups excluding carboxylic acids is 1. The van der Waals surface area contributed by atoms with E-state index in [0.717, 1.165) is 12.8 Å². The van der Waals surface area contributed by atoms with Gasteiger partial charge in [-0.15, -0.1) is 0 Å². The summed E-state index contributed by atoms with van der Waals surface area (Å²) in [5.74, 6) is 0.0263. The molecule has 0 aliphatic heterocycles. The van der Waals surface area contributed by atoms with Crippen molar-refractivity contribution in [1.29, 1.82) is 5.41 Å². The summed E-state index contributed by atoms with van der Waals surface area (Å²) in [6.07, 6.45) is 4.54. The first kappa shape index (κ1) is 11.8. The molecule has 86 valence electrons. The summed E-state index contributed by atoms with van der Waals surface area (Å²) >= 11 is 0. The number of hydrogen-bond acceptors (Lipinski definition) is 2. The summed E-state index contributed by atoms with van der Waals surface area (Å²) in [6.45, 7) is 2.68. The Labute approximate surface area is 90.5 Å². The van der Waals surface area contributed by atoms with E-state index in [0.29, 0.717) is 12.6 Å². The van der Waals surface area contributed by atoms with E-state index in [-0.39, 0.29) is 18.4 Å². The Morgan fingerprint density at radius 2 is 2.13 bits per heavy atom. The van der Waals surface area contributed by atoms with Crippen molar-refractivity contribution in [3.05, 3.63) is 0 Å². The molecule has 1 rings (SSSR count). The fourth-order valence-electron chi connectivity index (χ4n) is 1.87. The van der Waals surface area contributed by atoms with Crippen LogP contribution in [0.2, 0.25) is 0 Å². The minimum Gasteiger partial charge on any atom is -0.386 e. The van der Waals surface area contributed by atoms with Crippen molar-refractivity contribution < 1.29 is 4.79 Å². The first-order valence-corrected chi connectivity index (χ1v) is 5.51. The van der Waals surface area contributed by atoms with Crippen LogP contribution < -0.4 is 11.1 Å². The van der Waals surface area contributed by atoms with Crippen LogP contribution in [0.4, 0.5) is 4.79 Å². The monoisotopic (exact) mass is 212 g/mol. The SMILES string of the molecule is CCN(CC(=N)N)C(=O)NC1CCCC1. The lowest BCUT2D eigenvalue weighted by atomic mass is 10.2. The molecule has 0 saturated heterocycles. The number of amides is 2. The molecule has 1 saturated carbocycles. The Kier molecular flexibility index (Phi) is 4.39. The van der Waals surface area contributed by atoms with Gasteiger partial charge < -0.3 is 16.0 Å². The average molecular weight is 212 g/mol. The Hall–Kier alpha value is -1.26. The lowest BCUT2D eigenvalue weighted by Crippen LogP contribution is -2.46. The molecule has 5 heteroatoms. The highest BCUT2D eigenvalue weighted by Crippen LogP contribution is 2.17. The number of rotatable bonds is 4. The molecule has 5 nitrogen and oxygen atoms in total. The maximum Gasteiger partial charge on any atom is 0.318 e. The van der Waals surface area contributed by atoms with Crippen molar-refractivity contribution in [3.8, 4) is 0 Å². The molecule has 0 heterocycles. The summed E-state index contributed by atoms with van der Waals surface area (Å²) in [7, 11) is 0. The van der Waals surface area contributed by atoms with Crippen LogP contribution >= 0.6 is 0 Å². The molecule has 0 aromatic rings. The van der Waals surface area contributed by atoms with E-state index in [9.17, 15) is 4.79 Å². The lowest BCUT2D eigenvalue weighted by molar-refractivity contribution is 0.203. The van der Waals surface area contributed by atoms with Crippen molar-refractivity contribution in [3.63, 3.8) is 0 Å². The molecular weight excluding hydrogens is 192 g/mol. The molecule has 0 unspecified atom stereocenters. The van der Waals surface area contributed by atoms with Gasteiger partial charge in [-0.05, 0) is 19.8 Å². The third-order valence-corrected chi connectivity index (χ3v) is 2.71. The van der Waals surface area contributed by atoms with Crippen LogP contribution in [0, 0.1) is 5.41 Å². The van der Waals surface area contributed by atoms with Crippen LogP contribution in [0.25, 0.3) is 0 Å². The maximum atomic E-state index is 11.7. The highest BCUT2D eigenvalue weighted by atomic mass is 16.2. The lowest BCUT2D eigenvalue weighted by Gasteiger charge is -2.23. The minimum absolute atomic E-state index is 0.0263. The summed E-state index contributed by atoms with van der Waals surface area (Å²) in [5, 5.41) is 10.1. The Bertz CT molecular complexity index is 236. The summed E-state index contributed by atoms with van der Waals surface area (Å²) in [6, 6.07) is 0.220. The van der Waals surface area contributed by atoms with Crippen molar-refractivity contribution in [2.75, 3.05) is 13.1 Å². The normalized spacial score (nSPS) is 16.3. The molecule has 1 aliphatic carbocycles. The number of nitrogens with one attached hydrogen (secondary N) is 2. The minimum atomic E-state index is -0.0976. The maximum absolute atomic E-state index is 11.7. The molecular formula is C10H20N4O. The number of likely N-dealkylation sites (N-methyl/N-ethyl adjacent to an activating group) is 1. The third kappa shape index (κ3) is 3.77. The van der Waals surface area contributed by atoms with Gasteiger partial charge in [-0.25, -0.2) is 4.79 Å². The number of urea groups is 1. The van der Waals surface area contributed by atoms with Gasteiger partial charge in [0.2, 0.25) is 0 Å². The van der Waals surface area contributed by atoms with Gasteiger partial charge in [0.1, 0.15) is 5.84 Å². The van der Waals surface area contributed by atoms with Gasteiger partial charge in [-0.3, -0.25) is 5.41 Å². The summed E-state index contributed by atoms with van der Waals surface area (Å²) in [4.78, 5) is 13.3. The van der Waals surface area contributed by atoms with E-state index < -0.39 is 0 Å². The van der Waals surface area contributed by atoms with Crippen molar-refractivity contribution in [2.45, 2.75) is 38.6 Å². The molecule has 0 aromatic heterocycles. The zero-order chi connectivity index (χ0) is 11.3. The molecule has 0 spiro atoms. The molecule has 15 heavy (non-hydrogen) atoms. The van der Waals surface area contributed by atoms with Gasteiger partial charge in [0.15, 0.2) is 0 Å². The number of nitrogens with zero attached hydrogens (tertiary/aromatic N) is 1. The van der Waals surface area contributed by atoms with Crippen molar-refractivity contribution >= 4 is 11.9 Å². The highest BCUT2D eigenvalue weighted by Gasteiger charge is 2.20. The largest absolute Gasteiger partial charge is 0.386 e. The molecule has 2 amide bonds. The second kappa shape index (κ2) is 5.58. The predicted molar refractivity (Wildman–Crippen MR) is 59.9 cm³/mol. The predicted octanol–water partition coefficient (Wildman–Crippen LogP) is 0.896. The van der Waals surface area contributed by atoms with E-state index >= 15 is 0 Å². The molecule has 1 aliphatic rings. The van der Waals surface area contributed by atoms with E-state index in [1.807, 2.05) is 6.92 Å². The van der Waals surface area contributed by atoms with Crippen LogP contribution in [0.5, 0.6) is 0 Å². The molecule has 0 aromatic carbocycles. The number of nitrogens with two attached hydrogens (primary N) is 1.